The SMILES string of the molecule is Fc1cnccc1CC[B-](F)(F)F.[K+]. The van der Waals surface area contributed by atoms with Gasteiger partial charge in [0.05, 0.1) is 6.20 Å². The zero-order valence-corrected chi connectivity index (χ0v) is 10.8. The van der Waals surface area contributed by atoms with Crippen LogP contribution in [0.1, 0.15) is 5.56 Å². The number of hydrogen-bond donors (Lipinski definition) is 0. The fraction of sp³-hybridized carbons (Fsp3) is 0.286. The van der Waals surface area contributed by atoms with Crippen LogP contribution in [0.2, 0.25) is 6.32 Å². The minimum atomic E-state index is -4.83. The van der Waals surface area contributed by atoms with E-state index >= 15 is 0 Å². The van der Waals surface area contributed by atoms with Crippen molar-refractivity contribution >= 4 is 6.98 Å². The van der Waals surface area contributed by atoms with Crippen LogP contribution in [-0.2, 0) is 6.42 Å². The molecule has 14 heavy (non-hydrogen) atoms. The average molecular weight is 231 g/mol. The standard InChI is InChI=1S/C7H7BF4N.K/c9-7-5-13-4-2-6(7)1-3-8(10,11)12;/h2,4-5H,1,3H2;/q-1;+1. The molecule has 0 unspecified atom stereocenters. The predicted molar refractivity (Wildman–Crippen MR) is 41.8 cm³/mol. The van der Waals surface area contributed by atoms with E-state index in [1.807, 2.05) is 0 Å². The predicted octanol–water partition coefficient (Wildman–Crippen LogP) is -0.385. The van der Waals surface area contributed by atoms with Gasteiger partial charge in [-0.3, -0.25) is 4.98 Å². The minimum Gasteiger partial charge on any atom is -0.449 e. The molecule has 1 rings (SSSR count). The molecule has 1 aromatic rings. The van der Waals surface area contributed by atoms with Crippen molar-refractivity contribution in [2.24, 2.45) is 0 Å². The van der Waals surface area contributed by atoms with Gasteiger partial charge in [-0.2, -0.15) is 0 Å². The molecule has 0 bridgehead atoms. The van der Waals surface area contributed by atoms with E-state index < -0.39 is 19.1 Å². The van der Waals surface area contributed by atoms with Gasteiger partial charge in [0.15, 0.2) is 0 Å². The quantitative estimate of drug-likeness (QED) is 0.510. The molecule has 1 nitrogen and oxygen atoms in total. The second-order valence-corrected chi connectivity index (χ2v) is 2.72. The van der Waals surface area contributed by atoms with Crippen molar-refractivity contribution in [2.45, 2.75) is 12.7 Å². The van der Waals surface area contributed by atoms with Gasteiger partial charge >= 0.3 is 58.4 Å². The van der Waals surface area contributed by atoms with Gasteiger partial charge in [0, 0.05) is 6.20 Å². The Morgan fingerprint density at radius 3 is 2.43 bits per heavy atom. The molecule has 1 heterocycles. The van der Waals surface area contributed by atoms with Crippen LogP contribution in [0.5, 0.6) is 0 Å². The maximum Gasteiger partial charge on any atom is 1.00 e. The van der Waals surface area contributed by atoms with E-state index in [0.29, 0.717) is 0 Å². The summed E-state index contributed by atoms with van der Waals surface area (Å²) in [7, 11) is 0. The van der Waals surface area contributed by atoms with E-state index in [4.69, 9.17) is 0 Å². The molecule has 0 atom stereocenters. The number of halogens is 4. The van der Waals surface area contributed by atoms with Crippen molar-refractivity contribution in [2.75, 3.05) is 0 Å². The Balaban J connectivity index is 0.00000169. The normalized spacial score (nSPS) is 10.9. The fourth-order valence-corrected chi connectivity index (χ4v) is 0.926. The maximum atomic E-state index is 12.7. The molecule has 1 aromatic heterocycles. The molecule has 0 spiro atoms. The van der Waals surface area contributed by atoms with Crippen LogP contribution in [0, 0.1) is 5.82 Å². The summed E-state index contributed by atoms with van der Waals surface area (Å²) in [5, 5.41) is 0. The van der Waals surface area contributed by atoms with E-state index in [0.717, 1.165) is 6.20 Å². The van der Waals surface area contributed by atoms with Crippen LogP contribution in [0.15, 0.2) is 18.5 Å². The van der Waals surface area contributed by atoms with E-state index in [1.165, 1.54) is 12.3 Å². The Morgan fingerprint density at radius 2 is 1.93 bits per heavy atom. The van der Waals surface area contributed by atoms with E-state index in [1.54, 1.807) is 0 Å². The van der Waals surface area contributed by atoms with Gasteiger partial charge in [-0.1, -0.05) is 6.32 Å². The zero-order valence-electron chi connectivity index (χ0n) is 7.68. The number of aromatic nitrogens is 1. The Labute approximate surface area is 122 Å². The van der Waals surface area contributed by atoms with Crippen LogP contribution in [0.4, 0.5) is 17.3 Å². The molecular weight excluding hydrogens is 224 g/mol. The summed E-state index contributed by atoms with van der Waals surface area (Å²) in [6, 6.07) is 1.26. The van der Waals surface area contributed by atoms with Crippen LogP contribution in [-0.4, -0.2) is 12.0 Å². The van der Waals surface area contributed by atoms with Gasteiger partial charge < -0.3 is 12.9 Å². The number of hydrogen-bond acceptors (Lipinski definition) is 1. The van der Waals surface area contributed by atoms with Crippen LogP contribution in [0.3, 0.4) is 0 Å². The van der Waals surface area contributed by atoms with Crippen molar-refractivity contribution in [3.05, 3.63) is 29.8 Å². The number of aryl methyl sites for hydroxylation is 1. The molecule has 0 radical (unpaired) electrons. The molecule has 0 aliphatic rings. The summed E-state index contributed by atoms with van der Waals surface area (Å²) in [5.74, 6) is -0.678. The average Bonchev–Trinajstić information content (AvgIpc) is 2.01. The maximum absolute atomic E-state index is 12.7. The summed E-state index contributed by atoms with van der Waals surface area (Å²) in [6.45, 7) is -4.83. The Kier molecular flexibility index (Phi) is 6.47. The smallest absolute Gasteiger partial charge is 0.449 e. The third-order valence-corrected chi connectivity index (χ3v) is 1.60. The van der Waals surface area contributed by atoms with Gasteiger partial charge in [-0.15, -0.1) is 0 Å². The molecule has 0 amide bonds. The summed E-state index contributed by atoms with van der Waals surface area (Å²) in [6.07, 6.45) is 0.944. The van der Waals surface area contributed by atoms with Crippen molar-refractivity contribution in [3.63, 3.8) is 0 Å². The first-order valence-electron chi connectivity index (χ1n) is 3.78. The monoisotopic (exact) mass is 231 g/mol. The van der Waals surface area contributed by atoms with E-state index in [9.17, 15) is 17.3 Å². The number of rotatable bonds is 3. The van der Waals surface area contributed by atoms with Crippen LogP contribution in [0.25, 0.3) is 0 Å². The Morgan fingerprint density at radius 1 is 1.29 bits per heavy atom. The van der Waals surface area contributed by atoms with Crippen molar-refractivity contribution < 1.29 is 68.7 Å². The first-order valence-corrected chi connectivity index (χ1v) is 3.78. The molecule has 0 fully saturated rings. The van der Waals surface area contributed by atoms with Crippen LogP contribution < -0.4 is 51.4 Å². The summed E-state index contributed by atoms with van der Waals surface area (Å²) in [5.41, 5.74) is 0.0641. The van der Waals surface area contributed by atoms with Crippen molar-refractivity contribution in [3.8, 4) is 0 Å². The second kappa shape index (κ2) is 6.22. The van der Waals surface area contributed by atoms with Crippen molar-refractivity contribution in [1.29, 1.82) is 0 Å². The summed E-state index contributed by atoms with van der Waals surface area (Å²) >= 11 is 0. The molecule has 0 saturated heterocycles. The minimum absolute atomic E-state index is 0. The largest absolute Gasteiger partial charge is 1.00 e. The Hall–Kier alpha value is 0.571. The second-order valence-electron chi connectivity index (χ2n) is 2.72. The molecule has 0 aliphatic carbocycles. The van der Waals surface area contributed by atoms with Crippen LogP contribution >= 0.6 is 0 Å². The molecule has 0 saturated carbocycles. The summed E-state index contributed by atoms with van der Waals surface area (Å²) < 4.78 is 48.1. The number of pyridine rings is 1. The van der Waals surface area contributed by atoms with Gasteiger partial charge in [0.1, 0.15) is 5.82 Å². The van der Waals surface area contributed by atoms with E-state index in [-0.39, 0.29) is 63.4 Å². The van der Waals surface area contributed by atoms with Gasteiger partial charge in [-0.25, -0.2) is 4.39 Å². The molecule has 0 aromatic carbocycles. The third kappa shape index (κ3) is 5.45. The molecular formula is C7H7BF4KN. The first kappa shape index (κ1) is 14.6. The summed E-state index contributed by atoms with van der Waals surface area (Å²) in [4.78, 5) is 3.44. The molecule has 7 heteroatoms. The zero-order chi connectivity index (χ0) is 9.90. The first-order chi connectivity index (χ1) is 5.99. The fourth-order valence-electron chi connectivity index (χ4n) is 0.926. The van der Waals surface area contributed by atoms with E-state index in [2.05, 4.69) is 4.98 Å². The molecule has 0 N–H and O–H groups in total. The topological polar surface area (TPSA) is 12.9 Å². The van der Waals surface area contributed by atoms with Crippen molar-refractivity contribution in [1.82, 2.24) is 4.98 Å². The van der Waals surface area contributed by atoms with Gasteiger partial charge in [0.25, 0.3) is 0 Å². The number of nitrogens with zero attached hydrogens (tertiary/aromatic N) is 1. The van der Waals surface area contributed by atoms with Gasteiger partial charge in [-0.05, 0) is 18.1 Å². The third-order valence-electron chi connectivity index (χ3n) is 1.60. The Bertz CT molecular complexity index is 291. The molecule has 0 aliphatic heterocycles. The van der Waals surface area contributed by atoms with Gasteiger partial charge in [0.2, 0.25) is 0 Å². The molecule has 72 valence electrons.